The van der Waals surface area contributed by atoms with Gasteiger partial charge in [-0.05, 0) is 35.0 Å². The first-order valence-electron chi connectivity index (χ1n) is 5.42. The van der Waals surface area contributed by atoms with Crippen LogP contribution >= 0.6 is 15.9 Å². The van der Waals surface area contributed by atoms with Gasteiger partial charge in [0.05, 0.1) is 18.8 Å². The zero-order valence-electron chi connectivity index (χ0n) is 9.24. The lowest BCUT2D eigenvalue weighted by molar-refractivity contribution is -0.0733. The largest absolute Gasteiger partial charge is 0.452 e. The van der Waals surface area contributed by atoms with Crippen molar-refractivity contribution in [2.75, 3.05) is 19.7 Å². The van der Waals surface area contributed by atoms with Gasteiger partial charge in [0.2, 0.25) is 0 Å². The fraction of sp³-hybridized carbons (Fsp3) is 0.636. The van der Waals surface area contributed by atoms with Crippen LogP contribution in [0.1, 0.15) is 12.7 Å². The molecule has 5 heteroatoms. The first-order valence-corrected chi connectivity index (χ1v) is 6.21. The van der Waals surface area contributed by atoms with Crippen molar-refractivity contribution in [1.29, 1.82) is 0 Å². The average molecular weight is 290 g/mol. The molecule has 0 aromatic carbocycles. The molecule has 2 atom stereocenters. The molecule has 0 radical (unpaired) electrons. The topological polar surface area (TPSA) is 43.6 Å². The molecular weight excluding hydrogens is 274 g/mol. The molecule has 1 saturated heterocycles. The highest BCUT2D eigenvalue weighted by molar-refractivity contribution is 9.10. The van der Waals surface area contributed by atoms with Crippen molar-refractivity contribution >= 4 is 15.9 Å². The molecule has 2 heterocycles. The van der Waals surface area contributed by atoms with E-state index in [0.29, 0.717) is 13.2 Å². The molecule has 16 heavy (non-hydrogen) atoms. The van der Waals surface area contributed by atoms with Crippen molar-refractivity contribution in [3.8, 4) is 0 Å². The number of hydrogen-bond donors (Lipinski definition) is 1. The van der Waals surface area contributed by atoms with Crippen LogP contribution in [-0.4, -0.2) is 31.9 Å². The van der Waals surface area contributed by atoms with E-state index in [1.165, 1.54) is 0 Å². The van der Waals surface area contributed by atoms with Crippen molar-refractivity contribution in [2.45, 2.75) is 25.7 Å². The first-order chi connectivity index (χ1) is 7.74. The predicted molar refractivity (Wildman–Crippen MR) is 63.3 cm³/mol. The second-order valence-corrected chi connectivity index (χ2v) is 4.73. The third kappa shape index (κ3) is 3.59. The van der Waals surface area contributed by atoms with E-state index in [1.54, 1.807) is 0 Å². The lowest BCUT2D eigenvalue weighted by Crippen LogP contribution is -2.45. The Labute approximate surface area is 103 Å². The molecule has 1 N–H and O–H groups in total. The van der Waals surface area contributed by atoms with Gasteiger partial charge in [0.1, 0.15) is 12.4 Å². The van der Waals surface area contributed by atoms with Gasteiger partial charge in [0.15, 0.2) is 4.67 Å². The van der Waals surface area contributed by atoms with Crippen LogP contribution in [0, 0.1) is 0 Å². The van der Waals surface area contributed by atoms with Crippen LogP contribution in [0.4, 0.5) is 0 Å². The second kappa shape index (κ2) is 5.82. The molecule has 0 amide bonds. The normalized spacial score (nSPS) is 25.9. The third-order valence-electron chi connectivity index (χ3n) is 2.41. The quantitative estimate of drug-likeness (QED) is 0.920. The highest BCUT2D eigenvalue weighted by Gasteiger charge is 2.18. The maximum Gasteiger partial charge on any atom is 0.169 e. The van der Waals surface area contributed by atoms with Gasteiger partial charge in [-0.1, -0.05) is 0 Å². The summed E-state index contributed by atoms with van der Waals surface area (Å²) in [5.41, 5.74) is 0. The van der Waals surface area contributed by atoms with Crippen LogP contribution < -0.4 is 5.32 Å². The second-order valence-electron chi connectivity index (χ2n) is 3.95. The minimum absolute atomic E-state index is 0.141. The fourth-order valence-electron chi connectivity index (χ4n) is 1.69. The fourth-order valence-corrected chi connectivity index (χ4v) is 2.03. The van der Waals surface area contributed by atoms with Crippen LogP contribution in [0.15, 0.2) is 21.2 Å². The number of furan rings is 1. The Hall–Kier alpha value is -0.360. The van der Waals surface area contributed by atoms with Crippen molar-refractivity contribution < 1.29 is 13.9 Å². The summed E-state index contributed by atoms with van der Waals surface area (Å²) < 4.78 is 17.3. The maximum absolute atomic E-state index is 5.70. The number of halogens is 1. The predicted octanol–water partition coefficient (Wildman–Crippen LogP) is 1.94. The number of morpholine rings is 1. The highest BCUT2D eigenvalue weighted by atomic mass is 79.9. The zero-order valence-corrected chi connectivity index (χ0v) is 10.8. The Morgan fingerprint density at radius 1 is 1.50 bits per heavy atom. The number of rotatable bonds is 4. The summed E-state index contributed by atoms with van der Waals surface area (Å²) in [6.45, 7) is 4.91. The Kier molecular flexibility index (Phi) is 4.40. The minimum Gasteiger partial charge on any atom is -0.452 e. The molecule has 0 aliphatic carbocycles. The van der Waals surface area contributed by atoms with E-state index in [-0.39, 0.29) is 12.2 Å². The molecule has 4 nitrogen and oxygen atoms in total. The van der Waals surface area contributed by atoms with E-state index in [2.05, 4.69) is 28.2 Å². The van der Waals surface area contributed by atoms with E-state index in [4.69, 9.17) is 13.9 Å². The third-order valence-corrected chi connectivity index (χ3v) is 2.83. The maximum atomic E-state index is 5.70. The van der Waals surface area contributed by atoms with E-state index in [0.717, 1.165) is 23.5 Å². The highest BCUT2D eigenvalue weighted by Crippen LogP contribution is 2.15. The molecule has 0 spiro atoms. The summed E-state index contributed by atoms with van der Waals surface area (Å²) in [5, 5.41) is 3.30. The Balaban J connectivity index is 1.67. The van der Waals surface area contributed by atoms with Gasteiger partial charge in [0.25, 0.3) is 0 Å². The zero-order chi connectivity index (χ0) is 11.4. The molecule has 1 aliphatic rings. The van der Waals surface area contributed by atoms with Crippen LogP contribution in [0.5, 0.6) is 0 Å². The number of hydrogen-bond acceptors (Lipinski definition) is 4. The standard InChI is InChI=1S/C11H16BrNO3/c1-8-4-13-5-10(15-8)7-14-6-9-2-3-11(12)16-9/h2-3,8,10,13H,4-7H2,1H3. The summed E-state index contributed by atoms with van der Waals surface area (Å²) in [5.74, 6) is 0.823. The van der Waals surface area contributed by atoms with Crippen molar-refractivity contribution in [3.63, 3.8) is 0 Å². The first kappa shape index (κ1) is 12.1. The van der Waals surface area contributed by atoms with Gasteiger partial charge >= 0.3 is 0 Å². The van der Waals surface area contributed by atoms with Crippen molar-refractivity contribution in [2.24, 2.45) is 0 Å². The van der Waals surface area contributed by atoms with Gasteiger partial charge in [-0.15, -0.1) is 0 Å². The molecule has 1 aromatic rings. The van der Waals surface area contributed by atoms with Crippen LogP contribution in [0.2, 0.25) is 0 Å². The number of nitrogens with one attached hydrogen (secondary N) is 1. The summed E-state index contributed by atoms with van der Waals surface area (Å²) >= 11 is 3.25. The van der Waals surface area contributed by atoms with Gasteiger partial charge in [-0.3, -0.25) is 0 Å². The monoisotopic (exact) mass is 289 g/mol. The van der Waals surface area contributed by atoms with Gasteiger partial charge in [-0.2, -0.15) is 0 Å². The van der Waals surface area contributed by atoms with Crippen LogP contribution in [-0.2, 0) is 16.1 Å². The Morgan fingerprint density at radius 3 is 3.06 bits per heavy atom. The van der Waals surface area contributed by atoms with E-state index in [9.17, 15) is 0 Å². The average Bonchev–Trinajstić information content (AvgIpc) is 2.64. The van der Waals surface area contributed by atoms with E-state index in [1.807, 2.05) is 12.1 Å². The van der Waals surface area contributed by atoms with Crippen molar-refractivity contribution in [1.82, 2.24) is 5.32 Å². The van der Waals surface area contributed by atoms with Gasteiger partial charge in [0, 0.05) is 13.1 Å². The molecule has 2 unspecified atom stereocenters. The SMILES string of the molecule is CC1CNCC(COCc2ccc(Br)o2)O1. The van der Waals surface area contributed by atoms with Crippen molar-refractivity contribution in [3.05, 3.63) is 22.6 Å². The smallest absolute Gasteiger partial charge is 0.169 e. The Morgan fingerprint density at radius 2 is 2.38 bits per heavy atom. The van der Waals surface area contributed by atoms with Gasteiger partial charge in [-0.25, -0.2) is 0 Å². The summed E-state index contributed by atoms with van der Waals surface area (Å²) in [7, 11) is 0. The molecule has 1 aromatic heterocycles. The molecule has 90 valence electrons. The summed E-state index contributed by atoms with van der Waals surface area (Å²) in [4.78, 5) is 0. The Bertz CT molecular complexity index is 329. The number of ether oxygens (including phenoxy) is 2. The van der Waals surface area contributed by atoms with E-state index >= 15 is 0 Å². The summed E-state index contributed by atoms with van der Waals surface area (Å²) in [6, 6.07) is 3.76. The molecule has 0 saturated carbocycles. The lowest BCUT2D eigenvalue weighted by atomic mass is 10.2. The van der Waals surface area contributed by atoms with Crippen LogP contribution in [0.3, 0.4) is 0 Å². The van der Waals surface area contributed by atoms with Gasteiger partial charge < -0.3 is 19.2 Å². The summed E-state index contributed by atoms with van der Waals surface area (Å²) in [6.07, 6.45) is 0.405. The molecule has 2 rings (SSSR count). The molecular formula is C11H16BrNO3. The van der Waals surface area contributed by atoms with E-state index < -0.39 is 0 Å². The molecule has 0 bridgehead atoms. The molecule has 1 aliphatic heterocycles. The minimum atomic E-state index is 0.141. The van der Waals surface area contributed by atoms with Crippen LogP contribution in [0.25, 0.3) is 0 Å². The lowest BCUT2D eigenvalue weighted by Gasteiger charge is -2.28. The molecule has 1 fully saturated rings.